The van der Waals surface area contributed by atoms with Crippen molar-refractivity contribution in [2.24, 2.45) is 0 Å². The van der Waals surface area contributed by atoms with Gasteiger partial charge in [-0.2, -0.15) is 0 Å². The second-order valence-electron chi connectivity index (χ2n) is 8.13. The van der Waals surface area contributed by atoms with Crippen LogP contribution in [0.4, 0.5) is 0 Å². The molecule has 0 unspecified atom stereocenters. The molecule has 1 aromatic carbocycles. The van der Waals surface area contributed by atoms with Gasteiger partial charge in [-0.05, 0) is 64.4 Å². The summed E-state index contributed by atoms with van der Waals surface area (Å²) in [7, 11) is 0. The molecule has 7 heteroatoms. The highest BCUT2D eigenvalue weighted by Gasteiger charge is 2.21. The van der Waals surface area contributed by atoms with E-state index in [-0.39, 0.29) is 5.78 Å². The molecule has 0 aliphatic carbocycles. The molecule has 0 amide bonds. The third kappa shape index (κ3) is 4.12. The van der Waals surface area contributed by atoms with E-state index >= 15 is 0 Å². The van der Waals surface area contributed by atoms with E-state index in [0.717, 1.165) is 33.8 Å². The van der Waals surface area contributed by atoms with Crippen molar-refractivity contribution in [3.05, 3.63) is 77.4 Å². The topological polar surface area (TPSA) is 65.6 Å². The molecule has 4 rings (SSSR count). The predicted molar refractivity (Wildman–Crippen MR) is 129 cm³/mol. The molecule has 164 valence electrons. The maximum atomic E-state index is 13.1. The van der Waals surface area contributed by atoms with Crippen LogP contribution in [0.25, 0.3) is 17.1 Å². The van der Waals surface area contributed by atoms with Gasteiger partial charge in [0.25, 0.3) is 0 Å². The van der Waals surface area contributed by atoms with Crippen LogP contribution in [0.3, 0.4) is 0 Å². The van der Waals surface area contributed by atoms with Gasteiger partial charge in [-0.3, -0.25) is 14.3 Å². The molecule has 0 fully saturated rings. The smallest absolute Gasteiger partial charge is 0.196 e. The molecule has 32 heavy (non-hydrogen) atoms. The summed E-state index contributed by atoms with van der Waals surface area (Å²) in [5.41, 5.74) is 5.86. The summed E-state index contributed by atoms with van der Waals surface area (Å²) in [4.78, 5) is 17.3. The molecular formula is C25H27N5OS. The molecule has 3 heterocycles. The Morgan fingerprint density at radius 2 is 1.84 bits per heavy atom. The first-order valence-electron chi connectivity index (χ1n) is 10.6. The highest BCUT2D eigenvalue weighted by Crippen LogP contribution is 2.30. The number of carbonyl (C=O) groups excluding carboxylic acids is 1. The van der Waals surface area contributed by atoms with Crippen molar-refractivity contribution in [2.45, 2.75) is 45.8 Å². The number of pyridine rings is 1. The average Bonchev–Trinajstić information content (AvgIpc) is 3.33. The monoisotopic (exact) mass is 445 g/mol. The Bertz CT molecular complexity index is 1260. The Balaban J connectivity index is 1.68. The van der Waals surface area contributed by atoms with Crippen molar-refractivity contribution in [3.8, 4) is 17.1 Å². The second kappa shape index (κ2) is 9.12. The summed E-state index contributed by atoms with van der Waals surface area (Å²) in [5, 5.41) is 9.57. The lowest BCUT2D eigenvalue weighted by Crippen LogP contribution is -2.09. The number of para-hydroxylation sites is 1. The van der Waals surface area contributed by atoms with Crippen molar-refractivity contribution < 1.29 is 4.79 Å². The second-order valence-corrected chi connectivity index (χ2v) is 9.07. The first-order valence-corrected chi connectivity index (χ1v) is 11.6. The van der Waals surface area contributed by atoms with Gasteiger partial charge in [-0.1, -0.05) is 30.0 Å². The largest absolute Gasteiger partial charge is 0.346 e. The minimum atomic E-state index is 0.0947. The number of Topliss-reactive ketones (excluding diaryl/α,β-unsaturated/α-hetero) is 1. The number of hydrogen-bond donors (Lipinski definition) is 0. The van der Waals surface area contributed by atoms with Crippen molar-refractivity contribution in [1.82, 2.24) is 24.3 Å². The first-order chi connectivity index (χ1) is 15.4. The molecular weight excluding hydrogens is 418 g/mol. The maximum absolute atomic E-state index is 13.1. The number of aryl methyl sites for hydroxylation is 2. The molecule has 6 nitrogen and oxygen atoms in total. The Hall–Kier alpha value is -3.19. The lowest BCUT2D eigenvalue weighted by atomic mass is 10.2. The lowest BCUT2D eigenvalue weighted by Gasteiger charge is -2.14. The van der Waals surface area contributed by atoms with Crippen LogP contribution in [0.1, 0.15) is 47.2 Å². The van der Waals surface area contributed by atoms with Crippen LogP contribution in [-0.4, -0.2) is 35.9 Å². The molecule has 4 aromatic rings. The van der Waals surface area contributed by atoms with E-state index in [0.29, 0.717) is 22.8 Å². The number of aromatic nitrogens is 5. The maximum Gasteiger partial charge on any atom is 0.196 e. The van der Waals surface area contributed by atoms with Crippen LogP contribution in [-0.2, 0) is 0 Å². The Labute approximate surface area is 192 Å². The summed E-state index contributed by atoms with van der Waals surface area (Å²) in [6.07, 6.45) is 3.51. The molecule has 0 bridgehead atoms. The number of ketones is 1. The van der Waals surface area contributed by atoms with E-state index in [2.05, 4.69) is 46.6 Å². The minimum absolute atomic E-state index is 0.0947. The summed E-state index contributed by atoms with van der Waals surface area (Å²) in [5.74, 6) is 1.09. The number of rotatable bonds is 7. The molecule has 0 N–H and O–H groups in total. The minimum Gasteiger partial charge on any atom is -0.346 e. The van der Waals surface area contributed by atoms with Crippen LogP contribution < -0.4 is 0 Å². The van der Waals surface area contributed by atoms with E-state index in [4.69, 9.17) is 0 Å². The molecule has 0 saturated heterocycles. The number of nitrogens with zero attached hydrogens (tertiary/aromatic N) is 5. The molecule has 0 aliphatic heterocycles. The van der Waals surface area contributed by atoms with Gasteiger partial charge in [-0.15, -0.1) is 10.2 Å². The van der Waals surface area contributed by atoms with Crippen LogP contribution in [0, 0.1) is 20.8 Å². The summed E-state index contributed by atoms with van der Waals surface area (Å²) in [6.45, 7) is 10.4. The van der Waals surface area contributed by atoms with Gasteiger partial charge in [-0.25, -0.2) is 0 Å². The lowest BCUT2D eigenvalue weighted by molar-refractivity contribution is 0.102. The third-order valence-corrected chi connectivity index (χ3v) is 6.47. The molecule has 0 atom stereocenters. The van der Waals surface area contributed by atoms with Crippen molar-refractivity contribution >= 4 is 17.5 Å². The number of carbonyl (C=O) groups is 1. The average molecular weight is 446 g/mol. The van der Waals surface area contributed by atoms with Crippen LogP contribution >= 0.6 is 11.8 Å². The molecule has 0 radical (unpaired) electrons. The fourth-order valence-electron chi connectivity index (χ4n) is 4.14. The molecule has 3 aromatic heterocycles. The van der Waals surface area contributed by atoms with Crippen molar-refractivity contribution in [1.29, 1.82) is 0 Å². The van der Waals surface area contributed by atoms with E-state index in [1.165, 1.54) is 11.8 Å². The number of benzene rings is 1. The van der Waals surface area contributed by atoms with Gasteiger partial charge in [0.2, 0.25) is 0 Å². The van der Waals surface area contributed by atoms with E-state index in [1.54, 1.807) is 12.4 Å². The Morgan fingerprint density at radius 1 is 1.06 bits per heavy atom. The van der Waals surface area contributed by atoms with E-state index in [9.17, 15) is 4.79 Å². The predicted octanol–water partition coefficient (Wildman–Crippen LogP) is 5.61. The highest BCUT2D eigenvalue weighted by atomic mass is 32.2. The quantitative estimate of drug-likeness (QED) is 0.273. The van der Waals surface area contributed by atoms with Gasteiger partial charge >= 0.3 is 0 Å². The van der Waals surface area contributed by atoms with Crippen molar-refractivity contribution in [2.75, 3.05) is 5.75 Å². The third-order valence-electron chi connectivity index (χ3n) is 5.54. The molecule has 0 spiro atoms. The summed E-state index contributed by atoms with van der Waals surface area (Å²) >= 11 is 1.41. The molecule has 0 saturated carbocycles. The van der Waals surface area contributed by atoms with Gasteiger partial charge in [0.05, 0.1) is 11.4 Å². The van der Waals surface area contributed by atoms with E-state index < -0.39 is 0 Å². The van der Waals surface area contributed by atoms with Gasteiger partial charge in [0, 0.05) is 41.0 Å². The molecule has 0 aliphatic rings. The van der Waals surface area contributed by atoms with Crippen LogP contribution in [0.15, 0.2) is 60.0 Å². The zero-order valence-corrected chi connectivity index (χ0v) is 19.8. The van der Waals surface area contributed by atoms with Crippen LogP contribution in [0.2, 0.25) is 0 Å². The number of thioether (sulfide) groups is 1. The van der Waals surface area contributed by atoms with Gasteiger partial charge < -0.3 is 4.57 Å². The number of hydrogen-bond acceptors (Lipinski definition) is 5. The summed E-state index contributed by atoms with van der Waals surface area (Å²) in [6, 6.07) is 14.3. The Kier molecular flexibility index (Phi) is 6.28. The Morgan fingerprint density at radius 3 is 2.50 bits per heavy atom. The highest BCUT2D eigenvalue weighted by molar-refractivity contribution is 7.99. The normalized spacial score (nSPS) is 11.3. The van der Waals surface area contributed by atoms with Crippen LogP contribution in [0.5, 0.6) is 0 Å². The van der Waals surface area contributed by atoms with Gasteiger partial charge in [0.15, 0.2) is 16.8 Å². The first kappa shape index (κ1) is 22.0. The summed E-state index contributed by atoms with van der Waals surface area (Å²) < 4.78 is 4.22. The zero-order valence-electron chi connectivity index (χ0n) is 19.0. The zero-order chi connectivity index (χ0) is 22.8. The van der Waals surface area contributed by atoms with Crippen molar-refractivity contribution in [3.63, 3.8) is 0 Å². The fraction of sp³-hybridized carbons (Fsp3) is 0.280. The van der Waals surface area contributed by atoms with E-state index in [1.807, 2.05) is 54.8 Å². The standard InChI is InChI=1S/C25H27N5OS/c1-16(2)29-18(4)13-21(19(29)5)23(31)15-32-25-28-27-24(20-10-8-12-26-14-20)30(25)22-11-7-6-9-17(22)3/h6-14,16H,15H2,1-5H3. The fourth-order valence-corrected chi connectivity index (χ4v) is 4.97. The SMILES string of the molecule is Cc1ccccc1-n1c(SCC(=O)c2cc(C)n(C(C)C)c2C)nnc1-c1cccnc1. The van der Waals surface area contributed by atoms with Gasteiger partial charge in [0.1, 0.15) is 0 Å².